The number of hydrogen-bond acceptors (Lipinski definition) is 5. The summed E-state index contributed by atoms with van der Waals surface area (Å²) >= 11 is 0. The maximum atomic E-state index is 5.52. The van der Waals surface area contributed by atoms with E-state index < -0.39 is 0 Å². The number of ether oxygens (including phenoxy) is 1. The molecule has 0 amide bonds. The molecule has 1 saturated carbocycles. The Bertz CT molecular complexity index is 280. The normalized spacial score (nSPS) is 26.9. The molecule has 0 atom stereocenters. The van der Waals surface area contributed by atoms with Gasteiger partial charge in [-0.15, -0.1) is 0 Å². The Morgan fingerprint density at radius 2 is 2.38 bits per heavy atom. The van der Waals surface area contributed by atoms with Crippen LogP contribution >= 0.6 is 0 Å². The summed E-state index contributed by atoms with van der Waals surface area (Å²) in [6, 6.07) is 0.487. The topological polar surface area (TPSA) is 78.8 Å². The van der Waals surface area contributed by atoms with Crippen LogP contribution in [-0.2, 0) is 7.05 Å². The van der Waals surface area contributed by atoms with Crippen molar-refractivity contribution >= 4 is 0 Å². The molecule has 2 N–H and O–H groups in total. The van der Waals surface area contributed by atoms with Crippen LogP contribution in [0.5, 0.6) is 6.01 Å². The zero-order chi connectivity index (χ0) is 9.26. The van der Waals surface area contributed by atoms with E-state index in [1.807, 2.05) is 0 Å². The minimum absolute atomic E-state index is 0.248. The third kappa shape index (κ3) is 1.62. The van der Waals surface area contributed by atoms with Gasteiger partial charge in [-0.2, -0.15) is 4.68 Å². The summed E-state index contributed by atoms with van der Waals surface area (Å²) in [5.41, 5.74) is 5.50. The van der Waals surface area contributed by atoms with E-state index in [9.17, 15) is 0 Å². The van der Waals surface area contributed by atoms with E-state index in [4.69, 9.17) is 10.5 Å². The van der Waals surface area contributed by atoms with Gasteiger partial charge in [-0.1, -0.05) is 5.10 Å². The maximum Gasteiger partial charge on any atom is 0.335 e. The van der Waals surface area contributed by atoms with Crippen molar-refractivity contribution in [1.82, 2.24) is 20.2 Å². The van der Waals surface area contributed by atoms with E-state index in [0.717, 1.165) is 19.4 Å². The van der Waals surface area contributed by atoms with Crippen molar-refractivity contribution < 1.29 is 4.74 Å². The van der Waals surface area contributed by atoms with E-state index in [1.54, 1.807) is 7.05 Å². The van der Waals surface area contributed by atoms with Crippen LogP contribution in [0.3, 0.4) is 0 Å². The molecule has 1 aromatic rings. The first-order valence-electron chi connectivity index (χ1n) is 4.38. The lowest BCUT2D eigenvalue weighted by Gasteiger charge is -2.33. The number of nitrogens with two attached hydrogens (primary N) is 1. The standard InChI is InChI=1S/C7H13N5O/c1-12-7(9-10-11-12)13-6-2-5(3-6)4-8/h5-6H,2-4,8H2,1H3. The van der Waals surface area contributed by atoms with E-state index in [0.29, 0.717) is 11.9 Å². The predicted molar refractivity (Wildman–Crippen MR) is 45.0 cm³/mol. The van der Waals surface area contributed by atoms with Crippen molar-refractivity contribution in [2.24, 2.45) is 18.7 Å². The van der Waals surface area contributed by atoms with Crippen LogP contribution in [-0.4, -0.2) is 32.9 Å². The predicted octanol–water partition coefficient (Wildman–Crippen LogP) is -0.674. The average molecular weight is 183 g/mol. The SMILES string of the molecule is Cn1nnnc1OC1CC(CN)C1. The summed E-state index contributed by atoms with van der Waals surface area (Å²) in [5.74, 6) is 0.617. The summed E-state index contributed by atoms with van der Waals surface area (Å²) in [7, 11) is 1.76. The Balaban J connectivity index is 1.84. The molecule has 1 aliphatic carbocycles. The molecule has 0 bridgehead atoms. The van der Waals surface area contributed by atoms with Gasteiger partial charge < -0.3 is 10.5 Å². The van der Waals surface area contributed by atoms with Crippen LogP contribution in [0.1, 0.15) is 12.8 Å². The second-order valence-corrected chi connectivity index (χ2v) is 3.40. The van der Waals surface area contributed by atoms with E-state index in [2.05, 4.69) is 15.5 Å². The molecule has 1 fully saturated rings. The fourth-order valence-corrected chi connectivity index (χ4v) is 1.43. The largest absolute Gasteiger partial charge is 0.459 e. The van der Waals surface area contributed by atoms with Crippen LogP contribution in [0.15, 0.2) is 0 Å². The van der Waals surface area contributed by atoms with E-state index >= 15 is 0 Å². The molecule has 6 heteroatoms. The van der Waals surface area contributed by atoms with Gasteiger partial charge in [-0.3, -0.25) is 0 Å². The second-order valence-electron chi connectivity index (χ2n) is 3.40. The fourth-order valence-electron chi connectivity index (χ4n) is 1.43. The highest BCUT2D eigenvalue weighted by molar-refractivity contribution is 4.92. The van der Waals surface area contributed by atoms with Crippen molar-refractivity contribution in [3.05, 3.63) is 0 Å². The maximum absolute atomic E-state index is 5.52. The highest BCUT2D eigenvalue weighted by Gasteiger charge is 2.30. The summed E-state index contributed by atoms with van der Waals surface area (Å²) in [6.07, 6.45) is 2.28. The van der Waals surface area contributed by atoms with Crippen LogP contribution in [0.2, 0.25) is 0 Å². The summed E-state index contributed by atoms with van der Waals surface area (Å²) in [6.45, 7) is 0.747. The van der Waals surface area contributed by atoms with Gasteiger partial charge in [0.15, 0.2) is 0 Å². The molecule has 2 rings (SSSR count). The molecule has 72 valence electrons. The first-order valence-corrected chi connectivity index (χ1v) is 4.38. The minimum Gasteiger partial charge on any atom is -0.459 e. The molecule has 0 unspecified atom stereocenters. The molecule has 1 aliphatic rings. The third-order valence-electron chi connectivity index (χ3n) is 2.38. The Labute approximate surface area is 76.1 Å². The van der Waals surface area contributed by atoms with Gasteiger partial charge in [-0.05, 0) is 35.7 Å². The lowest BCUT2D eigenvalue weighted by Crippen LogP contribution is -2.38. The molecule has 1 heterocycles. The molecule has 0 aliphatic heterocycles. The van der Waals surface area contributed by atoms with Gasteiger partial charge in [0.1, 0.15) is 6.10 Å². The van der Waals surface area contributed by atoms with Gasteiger partial charge in [0.25, 0.3) is 0 Å². The first-order chi connectivity index (χ1) is 6.29. The summed E-state index contributed by atoms with van der Waals surface area (Å²) in [4.78, 5) is 0. The molecular formula is C7H13N5O. The number of tetrazole rings is 1. The average Bonchev–Trinajstić information content (AvgIpc) is 2.43. The Morgan fingerprint density at radius 1 is 1.62 bits per heavy atom. The number of nitrogens with zero attached hydrogens (tertiary/aromatic N) is 4. The molecule has 13 heavy (non-hydrogen) atoms. The smallest absolute Gasteiger partial charge is 0.335 e. The molecule has 0 spiro atoms. The lowest BCUT2D eigenvalue weighted by molar-refractivity contribution is 0.0566. The number of hydrogen-bond donors (Lipinski definition) is 1. The molecule has 6 nitrogen and oxygen atoms in total. The molecular weight excluding hydrogens is 170 g/mol. The Hall–Kier alpha value is -1.17. The van der Waals surface area contributed by atoms with Gasteiger partial charge >= 0.3 is 6.01 Å². The summed E-state index contributed by atoms with van der Waals surface area (Å²) in [5, 5.41) is 10.9. The van der Waals surface area contributed by atoms with Crippen molar-refractivity contribution in [2.45, 2.75) is 18.9 Å². The van der Waals surface area contributed by atoms with Crippen molar-refractivity contribution in [1.29, 1.82) is 0 Å². The highest BCUT2D eigenvalue weighted by Crippen LogP contribution is 2.29. The molecule has 0 saturated heterocycles. The van der Waals surface area contributed by atoms with E-state index in [1.165, 1.54) is 4.68 Å². The number of rotatable bonds is 3. The molecule has 0 radical (unpaired) electrons. The van der Waals surface area contributed by atoms with Gasteiger partial charge in [0.05, 0.1) is 0 Å². The highest BCUT2D eigenvalue weighted by atomic mass is 16.5. The number of aromatic nitrogens is 4. The lowest BCUT2D eigenvalue weighted by atomic mass is 9.82. The quantitative estimate of drug-likeness (QED) is 0.672. The van der Waals surface area contributed by atoms with Crippen LogP contribution in [0.25, 0.3) is 0 Å². The van der Waals surface area contributed by atoms with Gasteiger partial charge in [0, 0.05) is 7.05 Å². The van der Waals surface area contributed by atoms with Crippen LogP contribution in [0.4, 0.5) is 0 Å². The zero-order valence-corrected chi connectivity index (χ0v) is 7.55. The molecule has 0 aromatic carbocycles. The second kappa shape index (κ2) is 3.29. The number of aryl methyl sites for hydroxylation is 1. The van der Waals surface area contributed by atoms with Crippen LogP contribution in [0, 0.1) is 5.92 Å². The van der Waals surface area contributed by atoms with Crippen molar-refractivity contribution in [2.75, 3.05) is 6.54 Å². The van der Waals surface area contributed by atoms with Crippen LogP contribution < -0.4 is 10.5 Å². The van der Waals surface area contributed by atoms with E-state index in [-0.39, 0.29) is 6.10 Å². The summed E-state index contributed by atoms with van der Waals surface area (Å²) < 4.78 is 7.05. The molecule has 1 aromatic heterocycles. The van der Waals surface area contributed by atoms with Crippen molar-refractivity contribution in [3.8, 4) is 6.01 Å². The van der Waals surface area contributed by atoms with Crippen molar-refractivity contribution in [3.63, 3.8) is 0 Å². The minimum atomic E-state index is 0.248. The third-order valence-corrected chi connectivity index (χ3v) is 2.38. The zero-order valence-electron chi connectivity index (χ0n) is 7.55. The fraction of sp³-hybridized carbons (Fsp3) is 0.857. The first kappa shape index (κ1) is 8.43. The Kier molecular flexibility index (Phi) is 2.13. The van der Waals surface area contributed by atoms with Gasteiger partial charge in [0.2, 0.25) is 0 Å². The Morgan fingerprint density at radius 3 is 2.92 bits per heavy atom. The van der Waals surface area contributed by atoms with Gasteiger partial charge in [-0.25, -0.2) is 0 Å². The monoisotopic (exact) mass is 183 g/mol.